The zero-order chi connectivity index (χ0) is 19.3. The van der Waals surface area contributed by atoms with Crippen molar-refractivity contribution in [3.05, 3.63) is 52.9 Å². The molecule has 28 heavy (non-hydrogen) atoms. The summed E-state index contributed by atoms with van der Waals surface area (Å²) < 4.78 is 5.41. The van der Waals surface area contributed by atoms with Crippen molar-refractivity contribution in [1.82, 2.24) is 15.4 Å². The van der Waals surface area contributed by atoms with Gasteiger partial charge in [-0.1, -0.05) is 54.2 Å². The summed E-state index contributed by atoms with van der Waals surface area (Å²) >= 11 is 0. The van der Waals surface area contributed by atoms with Crippen molar-refractivity contribution >= 4 is 5.91 Å². The molecule has 150 valence electrons. The minimum Gasteiger partial charge on any atom is -0.351 e. The first-order valence-electron chi connectivity index (χ1n) is 10.7. The molecule has 1 amide bonds. The molecule has 2 aliphatic rings. The number of aryl methyl sites for hydroxylation is 1. The molecule has 0 radical (unpaired) electrons. The highest BCUT2D eigenvalue weighted by Gasteiger charge is 2.26. The number of amides is 1. The Morgan fingerprint density at radius 1 is 1.18 bits per heavy atom. The monoisotopic (exact) mass is 381 g/mol. The highest BCUT2D eigenvalue weighted by atomic mass is 16.5. The van der Waals surface area contributed by atoms with Crippen molar-refractivity contribution in [2.75, 3.05) is 13.1 Å². The van der Waals surface area contributed by atoms with Gasteiger partial charge in [-0.15, -0.1) is 0 Å². The maximum atomic E-state index is 12.5. The van der Waals surface area contributed by atoms with E-state index < -0.39 is 0 Å². The molecule has 2 fully saturated rings. The Morgan fingerprint density at radius 2 is 2.04 bits per heavy atom. The van der Waals surface area contributed by atoms with Crippen LogP contribution in [0.1, 0.15) is 78.2 Å². The van der Waals surface area contributed by atoms with E-state index in [1.54, 1.807) is 0 Å². The number of nitrogens with one attached hydrogen (secondary N) is 1. The highest BCUT2D eigenvalue weighted by molar-refractivity contribution is 5.91. The highest BCUT2D eigenvalue weighted by Crippen LogP contribution is 2.28. The van der Waals surface area contributed by atoms with Crippen molar-refractivity contribution < 1.29 is 9.32 Å². The zero-order valence-corrected chi connectivity index (χ0v) is 16.8. The number of carbonyl (C=O) groups excluding carboxylic acids is 1. The molecule has 2 heterocycles. The van der Waals surface area contributed by atoms with Crippen molar-refractivity contribution in [1.29, 1.82) is 0 Å². The lowest BCUT2D eigenvalue weighted by atomic mass is 9.94. The number of aromatic nitrogens is 1. The van der Waals surface area contributed by atoms with Crippen LogP contribution in [0, 0.1) is 6.92 Å². The summed E-state index contributed by atoms with van der Waals surface area (Å²) in [4.78, 5) is 15.0. The number of nitrogens with zero attached hydrogens (tertiary/aromatic N) is 2. The third-order valence-electron chi connectivity index (χ3n) is 6.11. The van der Waals surface area contributed by atoms with Gasteiger partial charge in [0, 0.05) is 31.1 Å². The molecular formula is C23H31N3O2. The molecule has 1 N–H and O–H groups in total. The smallest absolute Gasteiger partial charge is 0.290 e. The number of hydrogen-bond donors (Lipinski definition) is 1. The number of carbonyl (C=O) groups is 1. The van der Waals surface area contributed by atoms with E-state index in [9.17, 15) is 4.79 Å². The minimum absolute atomic E-state index is 0.113. The average molecular weight is 382 g/mol. The van der Waals surface area contributed by atoms with Gasteiger partial charge in [-0.3, -0.25) is 9.69 Å². The Bertz CT molecular complexity index is 795. The standard InChI is InChI=1S/C23H31N3O2/c1-17-7-5-8-18(13-17)15-26-12-6-9-19(16-26)21-14-22(28-25-21)23(27)24-20-10-3-2-4-11-20/h5,7-8,13-14,19-20H,2-4,6,9-12,15-16H2,1H3,(H,24,27)/t19-/m1/s1. The normalized spacial score (nSPS) is 21.5. The number of hydrogen-bond acceptors (Lipinski definition) is 4. The Labute approximate surface area is 167 Å². The van der Waals surface area contributed by atoms with Crippen molar-refractivity contribution in [3.8, 4) is 0 Å². The maximum absolute atomic E-state index is 12.5. The van der Waals surface area contributed by atoms with Crippen LogP contribution in [0.5, 0.6) is 0 Å². The quantitative estimate of drug-likeness (QED) is 0.833. The Kier molecular flexibility index (Phi) is 6.10. The summed E-state index contributed by atoms with van der Waals surface area (Å²) in [6.07, 6.45) is 8.07. The molecule has 1 aliphatic carbocycles. The summed E-state index contributed by atoms with van der Waals surface area (Å²) in [7, 11) is 0. The summed E-state index contributed by atoms with van der Waals surface area (Å²) in [5.74, 6) is 0.577. The van der Waals surface area contributed by atoms with Crippen LogP contribution in [0.15, 0.2) is 34.9 Å². The van der Waals surface area contributed by atoms with Gasteiger partial charge >= 0.3 is 0 Å². The molecule has 1 atom stereocenters. The van der Waals surface area contributed by atoms with Crippen molar-refractivity contribution in [2.45, 2.75) is 70.4 Å². The van der Waals surface area contributed by atoms with Crippen LogP contribution in [-0.4, -0.2) is 35.1 Å². The van der Waals surface area contributed by atoms with Crippen LogP contribution in [-0.2, 0) is 6.54 Å². The van der Waals surface area contributed by atoms with E-state index in [-0.39, 0.29) is 11.9 Å². The fourth-order valence-corrected chi connectivity index (χ4v) is 4.60. The lowest BCUT2D eigenvalue weighted by Crippen LogP contribution is -2.36. The van der Waals surface area contributed by atoms with Gasteiger partial charge in [-0.05, 0) is 44.7 Å². The summed E-state index contributed by atoms with van der Waals surface area (Å²) in [6, 6.07) is 10.9. The summed E-state index contributed by atoms with van der Waals surface area (Å²) in [5.41, 5.74) is 3.58. The van der Waals surface area contributed by atoms with Crippen molar-refractivity contribution in [2.24, 2.45) is 0 Å². The summed E-state index contributed by atoms with van der Waals surface area (Å²) in [5, 5.41) is 7.36. The molecule has 1 aliphatic heterocycles. The van der Waals surface area contributed by atoms with Gasteiger partial charge < -0.3 is 9.84 Å². The molecule has 5 nitrogen and oxygen atoms in total. The minimum atomic E-state index is -0.113. The third kappa shape index (κ3) is 4.82. The molecule has 2 aromatic rings. The molecule has 1 saturated heterocycles. The second-order valence-electron chi connectivity index (χ2n) is 8.49. The number of likely N-dealkylation sites (tertiary alicyclic amines) is 1. The van der Waals surface area contributed by atoms with E-state index in [1.807, 2.05) is 6.07 Å². The number of rotatable bonds is 5. The Balaban J connectivity index is 1.35. The van der Waals surface area contributed by atoms with Gasteiger partial charge in [-0.25, -0.2) is 0 Å². The van der Waals surface area contributed by atoms with E-state index in [0.717, 1.165) is 51.0 Å². The van der Waals surface area contributed by atoms with Crippen LogP contribution in [0.25, 0.3) is 0 Å². The molecule has 5 heteroatoms. The van der Waals surface area contributed by atoms with Gasteiger partial charge in [0.1, 0.15) is 0 Å². The molecule has 1 saturated carbocycles. The predicted molar refractivity (Wildman–Crippen MR) is 109 cm³/mol. The predicted octanol–water partition coefficient (Wildman–Crippen LogP) is 4.43. The van der Waals surface area contributed by atoms with Crippen molar-refractivity contribution in [3.63, 3.8) is 0 Å². The largest absolute Gasteiger partial charge is 0.351 e. The first-order chi connectivity index (χ1) is 13.7. The van der Waals surface area contributed by atoms with Crippen LogP contribution >= 0.6 is 0 Å². The van der Waals surface area contributed by atoms with E-state index in [2.05, 4.69) is 46.6 Å². The van der Waals surface area contributed by atoms with Gasteiger partial charge in [0.25, 0.3) is 5.91 Å². The van der Waals surface area contributed by atoms with Gasteiger partial charge in [0.05, 0.1) is 5.69 Å². The van der Waals surface area contributed by atoms with Crippen LogP contribution in [0.2, 0.25) is 0 Å². The molecule has 0 spiro atoms. The number of benzene rings is 1. The fraction of sp³-hybridized carbons (Fsp3) is 0.565. The van der Waals surface area contributed by atoms with E-state index in [4.69, 9.17) is 4.52 Å². The fourth-order valence-electron chi connectivity index (χ4n) is 4.60. The average Bonchev–Trinajstić information content (AvgIpc) is 3.20. The molecule has 0 unspecified atom stereocenters. The van der Waals surface area contributed by atoms with E-state index in [1.165, 1.54) is 30.4 Å². The molecular weight excluding hydrogens is 350 g/mol. The third-order valence-corrected chi connectivity index (χ3v) is 6.11. The second kappa shape index (κ2) is 8.91. The van der Waals surface area contributed by atoms with Crippen LogP contribution in [0.3, 0.4) is 0 Å². The first-order valence-corrected chi connectivity index (χ1v) is 10.7. The van der Waals surface area contributed by atoms with Gasteiger partial charge in [-0.2, -0.15) is 0 Å². The molecule has 1 aromatic carbocycles. The molecule has 4 rings (SSSR count). The van der Waals surface area contributed by atoms with Gasteiger partial charge in [0.15, 0.2) is 0 Å². The van der Waals surface area contributed by atoms with Gasteiger partial charge in [0.2, 0.25) is 5.76 Å². The van der Waals surface area contributed by atoms with Crippen LogP contribution < -0.4 is 5.32 Å². The summed E-state index contributed by atoms with van der Waals surface area (Å²) in [6.45, 7) is 5.17. The lowest BCUT2D eigenvalue weighted by molar-refractivity contribution is 0.0890. The second-order valence-corrected chi connectivity index (χ2v) is 8.49. The Morgan fingerprint density at radius 3 is 2.86 bits per heavy atom. The SMILES string of the molecule is Cc1cccc(CN2CCC[C@@H](c3cc(C(=O)NC4CCCCC4)on3)C2)c1. The Hall–Kier alpha value is -2.14. The van der Waals surface area contributed by atoms with Crippen LogP contribution in [0.4, 0.5) is 0 Å². The molecule has 1 aromatic heterocycles. The topological polar surface area (TPSA) is 58.4 Å². The number of piperidine rings is 1. The zero-order valence-electron chi connectivity index (χ0n) is 16.8. The molecule has 0 bridgehead atoms. The van der Waals surface area contributed by atoms with E-state index >= 15 is 0 Å². The van der Waals surface area contributed by atoms with E-state index in [0.29, 0.717) is 11.7 Å². The lowest BCUT2D eigenvalue weighted by Gasteiger charge is -2.31. The first kappa shape index (κ1) is 19.2. The maximum Gasteiger partial charge on any atom is 0.290 e.